The predicted molar refractivity (Wildman–Crippen MR) is 81.1 cm³/mol. The van der Waals surface area contributed by atoms with Crippen LogP contribution in [0.25, 0.3) is 0 Å². The molecule has 0 spiro atoms. The third kappa shape index (κ3) is 4.05. The highest BCUT2D eigenvalue weighted by molar-refractivity contribution is 5.81. The Morgan fingerprint density at radius 3 is 2.35 bits per heavy atom. The number of likely N-dealkylation sites (N-methyl/N-ethyl adjacent to an activating group) is 1. The first-order chi connectivity index (χ1) is 9.47. The van der Waals surface area contributed by atoms with E-state index in [1.807, 2.05) is 37.1 Å². The molecule has 20 heavy (non-hydrogen) atoms. The number of hydrogen-bond donors (Lipinski definition) is 1. The minimum Gasteiger partial charge on any atom is -0.304 e. The molecule has 2 rings (SSSR count). The van der Waals surface area contributed by atoms with E-state index in [4.69, 9.17) is 0 Å². The molecule has 0 saturated carbocycles. The molecule has 0 aliphatic carbocycles. The molecule has 1 N–H and O–H groups in total. The zero-order chi connectivity index (χ0) is 14.6. The van der Waals surface area contributed by atoms with Crippen LogP contribution in [-0.4, -0.2) is 49.0 Å². The lowest BCUT2D eigenvalue weighted by Crippen LogP contribution is -2.55. The number of rotatable bonds is 4. The Balaban J connectivity index is 1.90. The van der Waals surface area contributed by atoms with Gasteiger partial charge < -0.3 is 4.90 Å². The Morgan fingerprint density at radius 2 is 1.75 bits per heavy atom. The van der Waals surface area contributed by atoms with Gasteiger partial charge in [0.05, 0.1) is 0 Å². The number of benzene rings is 1. The Morgan fingerprint density at radius 1 is 1.15 bits per heavy atom. The van der Waals surface area contributed by atoms with Gasteiger partial charge in [0.1, 0.15) is 0 Å². The standard InChI is InChI=1S/C16H25N3O/c1-16(2,13-14-7-5-4-6-8-14)15(20)17-19-11-9-18(3)10-12-19/h4-8H,9-13H2,1-3H3,(H,17,20). The molecule has 0 radical (unpaired) electrons. The van der Waals surface area contributed by atoms with E-state index in [0.717, 1.165) is 32.6 Å². The Bertz CT molecular complexity index is 436. The lowest BCUT2D eigenvalue weighted by Gasteiger charge is -2.35. The fourth-order valence-corrected chi connectivity index (χ4v) is 2.40. The zero-order valence-electron chi connectivity index (χ0n) is 12.7. The number of carbonyl (C=O) groups is 1. The summed E-state index contributed by atoms with van der Waals surface area (Å²) in [5.74, 6) is 0.103. The molecule has 0 bridgehead atoms. The molecule has 110 valence electrons. The van der Waals surface area contributed by atoms with Crippen molar-refractivity contribution in [1.82, 2.24) is 15.3 Å². The van der Waals surface area contributed by atoms with Gasteiger partial charge in [-0.25, -0.2) is 5.01 Å². The molecule has 0 atom stereocenters. The smallest absolute Gasteiger partial charge is 0.240 e. The summed E-state index contributed by atoms with van der Waals surface area (Å²) in [7, 11) is 2.11. The number of amides is 1. The van der Waals surface area contributed by atoms with Gasteiger partial charge in [-0.2, -0.15) is 0 Å². The summed E-state index contributed by atoms with van der Waals surface area (Å²) in [6.07, 6.45) is 0.757. The first-order valence-corrected chi connectivity index (χ1v) is 7.26. The van der Waals surface area contributed by atoms with Crippen LogP contribution in [0.3, 0.4) is 0 Å². The van der Waals surface area contributed by atoms with Crippen LogP contribution >= 0.6 is 0 Å². The molecule has 1 aromatic carbocycles. The lowest BCUT2D eigenvalue weighted by atomic mass is 9.85. The van der Waals surface area contributed by atoms with Gasteiger partial charge >= 0.3 is 0 Å². The maximum Gasteiger partial charge on any atom is 0.240 e. The summed E-state index contributed by atoms with van der Waals surface area (Å²) in [6.45, 7) is 7.79. The molecule has 0 unspecified atom stereocenters. The third-order valence-electron chi connectivity index (χ3n) is 3.87. The average molecular weight is 275 g/mol. The number of hydrazine groups is 1. The summed E-state index contributed by atoms with van der Waals surface area (Å²) >= 11 is 0. The number of nitrogens with one attached hydrogen (secondary N) is 1. The van der Waals surface area contributed by atoms with E-state index in [0.29, 0.717) is 0 Å². The highest BCUT2D eigenvalue weighted by atomic mass is 16.2. The van der Waals surface area contributed by atoms with E-state index in [1.165, 1.54) is 5.56 Å². The van der Waals surface area contributed by atoms with Crippen molar-refractivity contribution in [2.45, 2.75) is 20.3 Å². The molecule has 4 heteroatoms. The summed E-state index contributed by atoms with van der Waals surface area (Å²) in [6, 6.07) is 10.2. The maximum absolute atomic E-state index is 12.5. The van der Waals surface area contributed by atoms with Crippen molar-refractivity contribution in [3.05, 3.63) is 35.9 Å². The SMILES string of the molecule is CN1CCN(NC(=O)C(C)(C)Cc2ccccc2)CC1. The minimum atomic E-state index is -0.398. The molecule has 1 aliphatic heterocycles. The summed E-state index contributed by atoms with van der Waals surface area (Å²) in [5.41, 5.74) is 3.87. The molecule has 1 heterocycles. The Kier molecular flexibility index (Phi) is 4.78. The van der Waals surface area contributed by atoms with Crippen molar-refractivity contribution in [3.8, 4) is 0 Å². The molecule has 1 aliphatic rings. The van der Waals surface area contributed by atoms with Gasteiger partial charge in [0.25, 0.3) is 0 Å². The summed E-state index contributed by atoms with van der Waals surface area (Å²) < 4.78 is 0. The quantitative estimate of drug-likeness (QED) is 0.905. The maximum atomic E-state index is 12.5. The predicted octanol–water partition coefficient (Wildman–Crippen LogP) is 1.53. The van der Waals surface area contributed by atoms with Gasteiger partial charge in [0, 0.05) is 31.6 Å². The average Bonchev–Trinajstić information content (AvgIpc) is 2.42. The van der Waals surface area contributed by atoms with E-state index in [2.05, 4.69) is 29.5 Å². The largest absolute Gasteiger partial charge is 0.304 e. The van der Waals surface area contributed by atoms with E-state index >= 15 is 0 Å². The second-order valence-electron chi connectivity index (χ2n) is 6.28. The molecule has 1 amide bonds. The Hall–Kier alpha value is -1.39. The van der Waals surface area contributed by atoms with Crippen LogP contribution < -0.4 is 5.43 Å². The number of hydrogen-bond acceptors (Lipinski definition) is 3. The van der Waals surface area contributed by atoms with Crippen molar-refractivity contribution in [1.29, 1.82) is 0 Å². The molecule has 1 fully saturated rings. The van der Waals surface area contributed by atoms with Gasteiger partial charge in [0.15, 0.2) is 0 Å². The molecule has 1 saturated heterocycles. The van der Waals surface area contributed by atoms with Crippen LogP contribution in [0.1, 0.15) is 19.4 Å². The van der Waals surface area contributed by atoms with Crippen molar-refractivity contribution in [3.63, 3.8) is 0 Å². The number of piperazine rings is 1. The van der Waals surface area contributed by atoms with E-state index in [9.17, 15) is 4.79 Å². The second kappa shape index (κ2) is 6.37. The Labute approximate surface area is 121 Å². The van der Waals surface area contributed by atoms with E-state index in [-0.39, 0.29) is 5.91 Å². The van der Waals surface area contributed by atoms with Crippen molar-refractivity contribution < 1.29 is 4.79 Å². The van der Waals surface area contributed by atoms with Crippen LogP contribution in [0.15, 0.2) is 30.3 Å². The van der Waals surface area contributed by atoms with Crippen molar-refractivity contribution >= 4 is 5.91 Å². The van der Waals surface area contributed by atoms with Crippen LogP contribution in [0, 0.1) is 5.41 Å². The highest BCUT2D eigenvalue weighted by Gasteiger charge is 2.29. The fourth-order valence-electron chi connectivity index (χ4n) is 2.40. The van der Waals surface area contributed by atoms with Crippen LogP contribution in [0.2, 0.25) is 0 Å². The first-order valence-electron chi connectivity index (χ1n) is 7.26. The monoisotopic (exact) mass is 275 g/mol. The number of nitrogens with zero attached hydrogens (tertiary/aromatic N) is 2. The lowest BCUT2D eigenvalue weighted by molar-refractivity contribution is -0.135. The third-order valence-corrected chi connectivity index (χ3v) is 3.87. The van der Waals surface area contributed by atoms with Crippen LogP contribution in [0.5, 0.6) is 0 Å². The molecule has 1 aromatic rings. The summed E-state index contributed by atoms with van der Waals surface area (Å²) in [4.78, 5) is 14.7. The number of carbonyl (C=O) groups excluding carboxylic acids is 1. The van der Waals surface area contributed by atoms with Gasteiger partial charge in [-0.15, -0.1) is 0 Å². The second-order valence-corrected chi connectivity index (χ2v) is 6.28. The first kappa shape index (κ1) is 15.0. The van der Waals surface area contributed by atoms with E-state index < -0.39 is 5.41 Å². The van der Waals surface area contributed by atoms with Gasteiger partial charge in [-0.1, -0.05) is 44.2 Å². The van der Waals surface area contributed by atoms with Crippen molar-refractivity contribution in [2.75, 3.05) is 33.2 Å². The highest BCUT2D eigenvalue weighted by Crippen LogP contribution is 2.22. The van der Waals surface area contributed by atoms with Crippen LogP contribution in [0.4, 0.5) is 0 Å². The fraction of sp³-hybridized carbons (Fsp3) is 0.562. The minimum absolute atomic E-state index is 0.103. The van der Waals surface area contributed by atoms with Gasteiger partial charge in [-0.3, -0.25) is 10.2 Å². The van der Waals surface area contributed by atoms with Crippen molar-refractivity contribution in [2.24, 2.45) is 5.41 Å². The molecule has 0 aromatic heterocycles. The molecule has 4 nitrogen and oxygen atoms in total. The zero-order valence-corrected chi connectivity index (χ0v) is 12.7. The van der Waals surface area contributed by atoms with Crippen LogP contribution in [-0.2, 0) is 11.2 Å². The molecular formula is C16H25N3O. The van der Waals surface area contributed by atoms with Gasteiger partial charge in [0.2, 0.25) is 5.91 Å². The van der Waals surface area contributed by atoms with E-state index in [1.54, 1.807) is 0 Å². The normalized spacial score (nSPS) is 17.9. The van der Waals surface area contributed by atoms with Gasteiger partial charge in [-0.05, 0) is 19.0 Å². The molecular weight excluding hydrogens is 250 g/mol. The topological polar surface area (TPSA) is 35.6 Å². The summed E-state index contributed by atoms with van der Waals surface area (Å²) in [5, 5.41) is 2.04.